The van der Waals surface area contributed by atoms with Crippen LogP contribution in [0.25, 0.3) is 16.9 Å². The van der Waals surface area contributed by atoms with Crippen molar-refractivity contribution in [1.82, 2.24) is 20.0 Å². The average Bonchev–Trinajstić information content (AvgIpc) is 3.25. The van der Waals surface area contributed by atoms with E-state index in [1.54, 1.807) is 50.4 Å². The van der Waals surface area contributed by atoms with Crippen molar-refractivity contribution in [2.24, 2.45) is 5.10 Å². The standard InChI is InChI=1S/C30H29Cl2N5O6/c1-6-42-29(39)27-17(3)34-30(40)35-28(27)19-7-10-24(25(12-19)41-5)43-15-26(38)36-33-14-20-11-16(2)37(18(20)4)21-8-9-22(31)23(32)13-21/h7-14H,6,15H2,1-5H3,(H,36,38)(H,34,35,40). The lowest BCUT2D eigenvalue weighted by molar-refractivity contribution is -0.123. The van der Waals surface area contributed by atoms with Gasteiger partial charge in [-0.15, -0.1) is 0 Å². The highest BCUT2D eigenvalue weighted by Crippen LogP contribution is 2.33. The third kappa shape index (κ3) is 7.07. The van der Waals surface area contributed by atoms with E-state index in [1.807, 2.05) is 30.5 Å². The number of carbonyl (C=O) groups excluding carboxylic acids is 2. The van der Waals surface area contributed by atoms with E-state index in [9.17, 15) is 14.4 Å². The summed E-state index contributed by atoms with van der Waals surface area (Å²) >= 11 is 12.2. The van der Waals surface area contributed by atoms with Crippen LogP contribution < -0.4 is 20.6 Å². The second kappa shape index (κ2) is 13.6. The number of aromatic amines is 1. The van der Waals surface area contributed by atoms with Gasteiger partial charge in [0.05, 0.1) is 35.7 Å². The van der Waals surface area contributed by atoms with Crippen molar-refractivity contribution in [1.29, 1.82) is 0 Å². The monoisotopic (exact) mass is 625 g/mol. The molecule has 2 aromatic heterocycles. The molecule has 4 rings (SSSR count). The summed E-state index contributed by atoms with van der Waals surface area (Å²) in [5, 5.41) is 4.98. The molecular formula is C30H29Cl2N5O6. The topological polar surface area (TPSA) is 137 Å². The van der Waals surface area contributed by atoms with Gasteiger partial charge in [0.25, 0.3) is 5.91 Å². The Bertz CT molecular complexity index is 1780. The Morgan fingerprint density at radius 3 is 2.53 bits per heavy atom. The molecule has 0 aliphatic rings. The molecule has 4 aromatic rings. The van der Waals surface area contributed by atoms with Gasteiger partial charge in [-0.25, -0.2) is 15.0 Å². The first-order chi connectivity index (χ1) is 20.5. The molecule has 0 saturated carbocycles. The highest BCUT2D eigenvalue weighted by Gasteiger charge is 2.21. The zero-order valence-corrected chi connectivity index (χ0v) is 25.6. The molecule has 0 fully saturated rings. The number of amides is 1. The van der Waals surface area contributed by atoms with Gasteiger partial charge in [0.2, 0.25) is 0 Å². The van der Waals surface area contributed by atoms with Crippen LogP contribution in [0.15, 0.2) is 52.4 Å². The van der Waals surface area contributed by atoms with E-state index < -0.39 is 17.6 Å². The van der Waals surface area contributed by atoms with Gasteiger partial charge in [0.1, 0.15) is 5.56 Å². The van der Waals surface area contributed by atoms with Crippen molar-refractivity contribution in [2.45, 2.75) is 27.7 Å². The lowest BCUT2D eigenvalue weighted by Gasteiger charge is -2.14. The minimum Gasteiger partial charge on any atom is -0.493 e. The Kier molecular flexibility index (Phi) is 9.89. The maximum absolute atomic E-state index is 12.6. The Hall–Kier alpha value is -4.61. The number of methoxy groups -OCH3 is 1. The van der Waals surface area contributed by atoms with E-state index in [-0.39, 0.29) is 36.0 Å². The summed E-state index contributed by atoms with van der Waals surface area (Å²) in [5.41, 5.74) is 6.34. The second-order valence-corrected chi connectivity index (χ2v) is 10.1. The van der Waals surface area contributed by atoms with Crippen LogP contribution >= 0.6 is 23.2 Å². The largest absolute Gasteiger partial charge is 0.493 e. The molecule has 0 atom stereocenters. The maximum Gasteiger partial charge on any atom is 0.345 e. The fraction of sp³-hybridized carbons (Fsp3) is 0.233. The minimum atomic E-state index is -0.619. The number of hydrazone groups is 1. The van der Waals surface area contributed by atoms with Crippen molar-refractivity contribution in [3.63, 3.8) is 0 Å². The first-order valence-corrected chi connectivity index (χ1v) is 13.8. The predicted molar refractivity (Wildman–Crippen MR) is 164 cm³/mol. The molecule has 0 bridgehead atoms. The molecule has 2 heterocycles. The van der Waals surface area contributed by atoms with Gasteiger partial charge < -0.3 is 23.8 Å². The SMILES string of the molecule is CCOC(=O)c1c(-c2ccc(OCC(=O)NN=Cc3cc(C)n(-c4ccc(Cl)c(Cl)c4)c3C)c(OC)c2)nc(=O)[nH]c1C. The van der Waals surface area contributed by atoms with Crippen molar-refractivity contribution in [3.05, 3.63) is 91.2 Å². The van der Waals surface area contributed by atoms with Crippen molar-refractivity contribution in [2.75, 3.05) is 20.3 Å². The maximum atomic E-state index is 12.6. The normalized spacial score (nSPS) is 11.0. The molecule has 0 aliphatic heterocycles. The first kappa shape index (κ1) is 31.3. The van der Waals surface area contributed by atoms with Gasteiger partial charge >= 0.3 is 11.7 Å². The molecule has 13 heteroatoms. The highest BCUT2D eigenvalue weighted by atomic mass is 35.5. The van der Waals surface area contributed by atoms with Crippen LogP contribution in [0.3, 0.4) is 0 Å². The zero-order valence-electron chi connectivity index (χ0n) is 24.1. The van der Waals surface area contributed by atoms with E-state index in [4.69, 9.17) is 37.4 Å². The van der Waals surface area contributed by atoms with Crippen molar-refractivity contribution < 1.29 is 23.8 Å². The lowest BCUT2D eigenvalue weighted by Crippen LogP contribution is -2.24. The van der Waals surface area contributed by atoms with Crippen LogP contribution in [0.5, 0.6) is 11.5 Å². The molecule has 0 unspecified atom stereocenters. The molecule has 11 nitrogen and oxygen atoms in total. The number of halogens is 2. The number of aryl methyl sites for hydroxylation is 2. The Morgan fingerprint density at radius 2 is 1.84 bits per heavy atom. The van der Waals surface area contributed by atoms with E-state index in [2.05, 4.69) is 20.5 Å². The number of benzene rings is 2. The fourth-order valence-corrected chi connectivity index (χ4v) is 4.76. The van der Waals surface area contributed by atoms with Crippen LogP contribution in [0.1, 0.15) is 39.9 Å². The summed E-state index contributed by atoms with van der Waals surface area (Å²) in [5.74, 6) is -0.600. The van der Waals surface area contributed by atoms with Gasteiger partial charge in [-0.3, -0.25) is 4.79 Å². The van der Waals surface area contributed by atoms with E-state index in [1.165, 1.54) is 7.11 Å². The van der Waals surface area contributed by atoms with E-state index >= 15 is 0 Å². The number of carbonyl (C=O) groups is 2. The van der Waals surface area contributed by atoms with Crippen molar-refractivity contribution in [3.8, 4) is 28.4 Å². The molecule has 224 valence electrons. The first-order valence-electron chi connectivity index (χ1n) is 13.1. The highest BCUT2D eigenvalue weighted by molar-refractivity contribution is 6.42. The summed E-state index contributed by atoms with van der Waals surface area (Å²) in [7, 11) is 1.42. The summed E-state index contributed by atoms with van der Waals surface area (Å²) in [4.78, 5) is 43.6. The zero-order chi connectivity index (χ0) is 31.3. The molecule has 0 aliphatic carbocycles. The van der Waals surface area contributed by atoms with Gasteiger partial charge in [-0.2, -0.15) is 10.1 Å². The van der Waals surface area contributed by atoms with Crippen LogP contribution in [0.4, 0.5) is 0 Å². The lowest BCUT2D eigenvalue weighted by atomic mass is 10.0. The number of nitrogens with one attached hydrogen (secondary N) is 2. The third-order valence-electron chi connectivity index (χ3n) is 6.42. The fourth-order valence-electron chi connectivity index (χ4n) is 4.47. The molecule has 43 heavy (non-hydrogen) atoms. The van der Waals surface area contributed by atoms with Crippen LogP contribution in [0.2, 0.25) is 10.0 Å². The van der Waals surface area contributed by atoms with Gasteiger partial charge in [-0.1, -0.05) is 23.2 Å². The Balaban J connectivity index is 1.45. The molecule has 0 spiro atoms. The van der Waals surface area contributed by atoms with Crippen molar-refractivity contribution >= 4 is 41.3 Å². The van der Waals surface area contributed by atoms with E-state index in [0.717, 1.165) is 22.6 Å². The number of H-pyrrole nitrogens is 1. The Labute approximate surface area is 257 Å². The smallest absolute Gasteiger partial charge is 0.345 e. The third-order valence-corrected chi connectivity index (χ3v) is 7.16. The molecule has 0 saturated heterocycles. The predicted octanol–water partition coefficient (Wildman–Crippen LogP) is 5.17. The minimum absolute atomic E-state index is 0.132. The van der Waals surface area contributed by atoms with Gasteiger partial charge in [-0.05, 0) is 70.2 Å². The summed E-state index contributed by atoms with van der Waals surface area (Å²) < 4.78 is 18.2. The number of hydrogen-bond acceptors (Lipinski definition) is 8. The molecule has 1 amide bonds. The quantitative estimate of drug-likeness (QED) is 0.141. The van der Waals surface area contributed by atoms with Crippen LogP contribution in [-0.2, 0) is 9.53 Å². The number of hydrogen-bond donors (Lipinski definition) is 2. The van der Waals surface area contributed by atoms with E-state index in [0.29, 0.717) is 21.3 Å². The number of rotatable bonds is 10. The number of aromatic nitrogens is 3. The van der Waals surface area contributed by atoms with Crippen LogP contribution in [-0.4, -0.2) is 52.9 Å². The molecular weight excluding hydrogens is 597 g/mol. The average molecular weight is 626 g/mol. The summed E-state index contributed by atoms with van der Waals surface area (Å²) in [6.45, 7) is 6.94. The molecule has 0 radical (unpaired) electrons. The molecule has 2 aromatic carbocycles. The summed E-state index contributed by atoms with van der Waals surface area (Å²) in [6.07, 6.45) is 1.54. The second-order valence-electron chi connectivity index (χ2n) is 9.32. The van der Waals surface area contributed by atoms with Gasteiger partial charge in [0, 0.05) is 33.9 Å². The Morgan fingerprint density at radius 1 is 1.07 bits per heavy atom. The summed E-state index contributed by atoms with van der Waals surface area (Å²) in [6, 6.07) is 12.0. The van der Waals surface area contributed by atoms with Crippen LogP contribution in [0, 0.1) is 20.8 Å². The molecule has 2 N–H and O–H groups in total. The number of ether oxygens (including phenoxy) is 3. The number of esters is 1. The van der Waals surface area contributed by atoms with Gasteiger partial charge in [0.15, 0.2) is 18.1 Å². The number of nitrogens with zero attached hydrogens (tertiary/aromatic N) is 3.